The first-order valence-electron chi connectivity index (χ1n) is 6.70. The van der Waals surface area contributed by atoms with Gasteiger partial charge in [0.05, 0.1) is 0 Å². The van der Waals surface area contributed by atoms with E-state index in [2.05, 4.69) is 64.8 Å². The molecule has 0 heterocycles. The van der Waals surface area contributed by atoms with Crippen LogP contribution in [0.1, 0.15) is 43.5 Å². The zero-order valence-corrected chi connectivity index (χ0v) is 12.7. The minimum absolute atomic E-state index is 0.0947. The molecule has 0 aliphatic carbocycles. The maximum absolute atomic E-state index is 6.34. The molecule has 2 nitrogen and oxygen atoms in total. The zero-order valence-electron chi connectivity index (χ0n) is 12.7. The molecule has 0 aliphatic heterocycles. The lowest BCUT2D eigenvalue weighted by Crippen LogP contribution is -2.35. The van der Waals surface area contributed by atoms with E-state index in [0.29, 0.717) is 5.41 Å². The molecule has 0 saturated heterocycles. The molecule has 102 valence electrons. The van der Waals surface area contributed by atoms with Crippen LogP contribution in [0.15, 0.2) is 18.2 Å². The Kier molecular flexibility index (Phi) is 4.94. The van der Waals surface area contributed by atoms with E-state index in [4.69, 9.17) is 5.73 Å². The molecule has 1 unspecified atom stereocenters. The summed E-state index contributed by atoms with van der Waals surface area (Å²) in [5, 5.41) is 0. The molecule has 2 N–H and O–H groups in total. The molecule has 0 spiro atoms. The Hall–Kier alpha value is -0.860. The van der Waals surface area contributed by atoms with Crippen LogP contribution in [0.3, 0.4) is 0 Å². The predicted octanol–water partition coefficient (Wildman–Crippen LogP) is 3.28. The van der Waals surface area contributed by atoms with Crippen molar-refractivity contribution in [1.29, 1.82) is 0 Å². The van der Waals surface area contributed by atoms with E-state index in [1.807, 2.05) is 0 Å². The number of hydrogen-bond donors (Lipinski definition) is 1. The van der Waals surface area contributed by atoms with E-state index in [1.165, 1.54) is 16.7 Å². The highest BCUT2D eigenvalue weighted by Gasteiger charge is 2.17. The van der Waals surface area contributed by atoms with Crippen molar-refractivity contribution < 1.29 is 0 Å². The third kappa shape index (κ3) is 4.79. The van der Waals surface area contributed by atoms with Crippen LogP contribution in [0.25, 0.3) is 0 Å². The van der Waals surface area contributed by atoms with Gasteiger partial charge in [-0.1, -0.05) is 44.5 Å². The molecule has 1 aromatic rings. The van der Waals surface area contributed by atoms with E-state index >= 15 is 0 Å². The second-order valence-corrected chi connectivity index (χ2v) is 6.72. The maximum atomic E-state index is 6.34. The van der Waals surface area contributed by atoms with Crippen molar-refractivity contribution in [2.24, 2.45) is 11.1 Å². The van der Waals surface area contributed by atoms with Crippen LogP contribution in [-0.4, -0.2) is 25.0 Å². The van der Waals surface area contributed by atoms with E-state index < -0.39 is 0 Å². The van der Waals surface area contributed by atoms with Crippen molar-refractivity contribution in [1.82, 2.24) is 4.90 Å². The lowest BCUT2D eigenvalue weighted by Gasteiger charge is -2.29. The second-order valence-electron chi connectivity index (χ2n) is 6.72. The molecule has 0 amide bonds. The van der Waals surface area contributed by atoms with Crippen LogP contribution in [-0.2, 0) is 0 Å². The average molecular weight is 248 g/mol. The Morgan fingerprint density at radius 1 is 1.22 bits per heavy atom. The highest BCUT2D eigenvalue weighted by Crippen LogP contribution is 2.20. The van der Waals surface area contributed by atoms with Crippen LogP contribution in [0.2, 0.25) is 0 Å². The monoisotopic (exact) mass is 248 g/mol. The molecule has 1 rings (SSSR count). The van der Waals surface area contributed by atoms with E-state index in [9.17, 15) is 0 Å². The summed E-state index contributed by atoms with van der Waals surface area (Å²) < 4.78 is 0. The maximum Gasteiger partial charge on any atom is 0.0426 e. The van der Waals surface area contributed by atoms with Gasteiger partial charge in [0, 0.05) is 19.1 Å². The number of nitrogens with zero attached hydrogens (tertiary/aromatic N) is 1. The van der Waals surface area contributed by atoms with Gasteiger partial charge in [0.25, 0.3) is 0 Å². The SMILES string of the molecule is Cc1ccc(C)c(C(N)CN(C)CC(C)(C)C)c1. The third-order valence-electron chi connectivity index (χ3n) is 3.09. The van der Waals surface area contributed by atoms with E-state index in [0.717, 1.165) is 13.1 Å². The lowest BCUT2D eigenvalue weighted by atomic mass is 9.95. The van der Waals surface area contributed by atoms with Gasteiger partial charge in [-0.05, 0) is 37.4 Å². The van der Waals surface area contributed by atoms with Crippen LogP contribution in [0, 0.1) is 19.3 Å². The fraction of sp³-hybridized carbons (Fsp3) is 0.625. The van der Waals surface area contributed by atoms with Gasteiger partial charge in [-0.3, -0.25) is 0 Å². The minimum atomic E-state index is 0.0947. The number of rotatable bonds is 4. The molecule has 1 aromatic carbocycles. The fourth-order valence-corrected chi connectivity index (χ4v) is 2.47. The Morgan fingerprint density at radius 3 is 2.39 bits per heavy atom. The van der Waals surface area contributed by atoms with Gasteiger partial charge in [-0.25, -0.2) is 0 Å². The number of nitrogens with two attached hydrogens (primary N) is 1. The first kappa shape index (κ1) is 15.2. The lowest BCUT2D eigenvalue weighted by molar-refractivity contribution is 0.217. The van der Waals surface area contributed by atoms with Crippen molar-refractivity contribution >= 4 is 0 Å². The standard InChI is InChI=1S/C16H28N2/c1-12-7-8-13(2)14(9-12)15(17)10-18(6)11-16(3,4)5/h7-9,15H,10-11,17H2,1-6H3. The molecule has 0 radical (unpaired) electrons. The van der Waals surface area contributed by atoms with Gasteiger partial charge < -0.3 is 10.6 Å². The van der Waals surface area contributed by atoms with Gasteiger partial charge in [-0.15, -0.1) is 0 Å². The molecule has 1 atom stereocenters. The molecular formula is C16H28N2. The quantitative estimate of drug-likeness (QED) is 0.886. The van der Waals surface area contributed by atoms with Crippen molar-refractivity contribution in [3.05, 3.63) is 34.9 Å². The third-order valence-corrected chi connectivity index (χ3v) is 3.09. The Morgan fingerprint density at radius 2 is 1.83 bits per heavy atom. The highest BCUT2D eigenvalue weighted by atomic mass is 15.1. The summed E-state index contributed by atoms with van der Waals surface area (Å²) in [5.74, 6) is 0. The van der Waals surface area contributed by atoms with Crippen LogP contribution in [0.5, 0.6) is 0 Å². The highest BCUT2D eigenvalue weighted by molar-refractivity contribution is 5.32. The second kappa shape index (κ2) is 5.85. The topological polar surface area (TPSA) is 29.3 Å². The van der Waals surface area contributed by atoms with E-state index in [-0.39, 0.29) is 6.04 Å². The molecule has 2 heteroatoms. The number of aryl methyl sites for hydroxylation is 2. The predicted molar refractivity (Wildman–Crippen MR) is 79.8 cm³/mol. The van der Waals surface area contributed by atoms with Gasteiger partial charge in [-0.2, -0.15) is 0 Å². The van der Waals surface area contributed by atoms with Gasteiger partial charge in [0.2, 0.25) is 0 Å². The normalized spacial score (nSPS) is 14.0. The summed E-state index contributed by atoms with van der Waals surface area (Å²) in [6.45, 7) is 13.0. The number of benzene rings is 1. The molecule has 0 fully saturated rings. The van der Waals surface area contributed by atoms with Crippen molar-refractivity contribution in [3.8, 4) is 0 Å². The molecule has 0 saturated carbocycles. The Labute approximate surface area is 112 Å². The minimum Gasteiger partial charge on any atom is -0.323 e. The molecule has 0 aliphatic rings. The molecule has 0 aromatic heterocycles. The number of likely N-dealkylation sites (N-methyl/N-ethyl adjacent to an activating group) is 1. The van der Waals surface area contributed by atoms with Gasteiger partial charge >= 0.3 is 0 Å². The van der Waals surface area contributed by atoms with Gasteiger partial charge in [0.15, 0.2) is 0 Å². The van der Waals surface area contributed by atoms with Crippen molar-refractivity contribution in [3.63, 3.8) is 0 Å². The van der Waals surface area contributed by atoms with Crippen molar-refractivity contribution in [2.75, 3.05) is 20.1 Å². The summed E-state index contributed by atoms with van der Waals surface area (Å²) >= 11 is 0. The van der Waals surface area contributed by atoms with Crippen LogP contribution in [0.4, 0.5) is 0 Å². The first-order chi connectivity index (χ1) is 8.19. The summed E-state index contributed by atoms with van der Waals surface area (Å²) in [7, 11) is 2.15. The summed E-state index contributed by atoms with van der Waals surface area (Å²) in [6, 6.07) is 6.61. The van der Waals surface area contributed by atoms with Crippen LogP contribution < -0.4 is 5.73 Å². The largest absolute Gasteiger partial charge is 0.323 e. The fourth-order valence-electron chi connectivity index (χ4n) is 2.47. The smallest absolute Gasteiger partial charge is 0.0426 e. The molecule has 18 heavy (non-hydrogen) atoms. The van der Waals surface area contributed by atoms with Gasteiger partial charge in [0.1, 0.15) is 0 Å². The first-order valence-corrected chi connectivity index (χ1v) is 6.70. The molecule has 0 bridgehead atoms. The van der Waals surface area contributed by atoms with Crippen molar-refractivity contribution in [2.45, 2.75) is 40.7 Å². The number of hydrogen-bond acceptors (Lipinski definition) is 2. The Balaban J connectivity index is 2.70. The summed E-state index contributed by atoms with van der Waals surface area (Å²) in [6.07, 6.45) is 0. The zero-order chi connectivity index (χ0) is 13.9. The summed E-state index contributed by atoms with van der Waals surface area (Å²) in [4.78, 5) is 2.33. The average Bonchev–Trinajstić information content (AvgIpc) is 2.18. The Bertz CT molecular complexity index is 391. The van der Waals surface area contributed by atoms with E-state index in [1.54, 1.807) is 0 Å². The molecular weight excluding hydrogens is 220 g/mol. The summed E-state index contributed by atoms with van der Waals surface area (Å²) in [5.41, 5.74) is 10.5. The van der Waals surface area contributed by atoms with Crippen LogP contribution >= 0.6 is 0 Å².